The Hall–Kier alpha value is 0.213. The average Bonchev–Trinajstić information content (AvgIpc) is 2.62. The van der Waals surface area contributed by atoms with Crippen LogP contribution in [0.1, 0.15) is 12.8 Å². The molecular formula is C9H12BrNOZn. The van der Waals surface area contributed by atoms with Crippen molar-refractivity contribution >= 4 is 4.29 Å². The van der Waals surface area contributed by atoms with E-state index in [-0.39, 0.29) is 17.0 Å². The first kappa shape index (κ1) is 13.2. The van der Waals surface area contributed by atoms with Gasteiger partial charge in [0.25, 0.3) is 0 Å². The molecule has 0 bridgehead atoms. The maximum absolute atomic E-state index is 4.94. The van der Waals surface area contributed by atoms with Crippen LogP contribution in [0, 0.1) is 0 Å². The van der Waals surface area contributed by atoms with E-state index in [2.05, 4.69) is 4.98 Å². The van der Waals surface area contributed by atoms with Crippen LogP contribution in [0.2, 0.25) is 0 Å². The molecule has 0 N–H and O–H groups in total. The van der Waals surface area contributed by atoms with Crippen molar-refractivity contribution in [3.63, 3.8) is 0 Å². The molecule has 0 atom stereocenters. The zero-order valence-corrected chi connectivity index (χ0v) is 12.1. The van der Waals surface area contributed by atoms with Gasteiger partial charge in [0.15, 0.2) is 0 Å². The summed E-state index contributed by atoms with van der Waals surface area (Å²) < 4.78 is 6.14. The standard InChI is InChI=1S/C5H4N.C4H8O.BrH.Zn/c1-2-4-6-5-3-1;1-2-4-5-3-1;;/h1-4H;1-4H2;1H;/q;;;+1/p-1. The van der Waals surface area contributed by atoms with Gasteiger partial charge in [-0.05, 0) is 12.8 Å². The molecule has 68 valence electrons. The van der Waals surface area contributed by atoms with Crippen LogP contribution in [-0.2, 0) is 23.0 Å². The quantitative estimate of drug-likeness (QED) is 0.519. The first-order valence-corrected chi connectivity index (χ1v) is 5.68. The molecule has 0 unspecified atom stereocenters. The molecule has 1 saturated heterocycles. The van der Waals surface area contributed by atoms with Gasteiger partial charge in [-0.2, -0.15) is 0 Å². The monoisotopic (exact) mass is 293 g/mol. The van der Waals surface area contributed by atoms with Crippen LogP contribution in [0.3, 0.4) is 0 Å². The fraction of sp³-hybridized carbons (Fsp3) is 0.444. The SMILES string of the molecule is C1CCOC1.[Br-].[Zn+][c]1ccccn1. The summed E-state index contributed by atoms with van der Waals surface area (Å²) in [7, 11) is 0. The molecule has 0 saturated carbocycles. The van der Waals surface area contributed by atoms with Crippen molar-refractivity contribution in [2.24, 2.45) is 0 Å². The minimum atomic E-state index is 0. The van der Waals surface area contributed by atoms with Gasteiger partial charge in [-0.1, -0.05) is 0 Å². The van der Waals surface area contributed by atoms with Gasteiger partial charge in [0.2, 0.25) is 0 Å². The van der Waals surface area contributed by atoms with E-state index in [1.54, 1.807) is 0 Å². The average molecular weight is 295 g/mol. The first-order chi connectivity index (χ1) is 5.89. The Morgan fingerprint density at radius 3 is 2.15 bits per heavy atom. The molecule has 1 aromatic rings. The molecule has 4 heteroatoms. The van der Waals surface area contributed by atoms with Gasteiger partial charge in [-0.15, -0.1) is 0 Å². The summed E-state index contributed by atoms with van der Waals surface area (Å²) >= 11 is 1.15. The van der Waals surface area contributed by atoms with E-state index < -0.39 is 0 Å². The summed E-state index contributed by atoms with van der Waals surface area (Å²) in [6.45, 7) is 2.00. The molecule has 2 heterocycles. The second-order valence-corrected chi connectivity index (χ2v) is 4.16. The Labute approximate surface area is 99.5 Å². The van der Waals surface area contributed by atoms with Crippen molar-refractivity contribution in [1.82, 2.24) is 4.98 Å². The number of aromatic nitrogens is 1. The second kappa shape index (κ2) is 8.80. The van der Waals surface area contributed by atoms with Crippen LogP contribution in [0.25, 0.3) is 0 Å². The molecule has 0 radical (unpaired) electrons. The van der Waals surface area contributed by atoms with E-state index in [0.717, 1.165) is 31.5 Å². The van der Waals surface area contributed by atoms with Crippen LogP contribution >= 0.6 is 0 Å². The van der Waals surface area contributed by atoms with Crippen LogP contribution < -0.4 is 21.3 Å². The van der Waals surface area contributed by atoms with Crippen molar-refractivity contribution in [2.75, 3.05) is 13.2 Å². The normalized spacial score (nSPS) is 14.0. The van der Waals surface area contributed by atoms with Crippen LogP contribution in [-0.4, -0.2) is 18.2 Å². The predicted octanol–water partition coefficient (Wildman–Crippen LogP) is -1.95. The molecule has 1 aromatic heterocycles. The van der Waals surface area contributed by atoms with Crippen molar-refractivity contribution in [3.05, 3.63) is 24.4 Å². The molecule has 1 aliphatic rings. The molecule has 2 rings (SSSR count). The van der Waals surface area contributed by atoms with Gasteiger partial charge in [-0.25, -0.2) is 0 Å². The van der Waals surface area contributed by atoms with E-state index in [1.165, 1.54) is 17.1 Å². The van der Waals surface area contributed by atoms with Gasteiger partial charge in [0.05, 0.1) is 0 Å². The number of hydrogen-bond donors (Lipinski definition) is 0. The first-order valence-electron chi connectivity index (χ1n) is 4.20. The summed E-state index contributed by atoms with van der Waals surface area (Å²) in [5, 5.41) is 0. The molecule has 0 amide bonds. The number of hydrogen-bond acceptors (Lipinski definition) is 2. The summed E-state index contributed by atoms with van der Waals surface area (Å²) in [6.07, 6.45) is 4.37. The molecule has 0 aromatic carbocycles. The topological polar surface area (TPSA) is 22.1 Å². The summed E-state index contributed by atoms with van der Waals surface area (Å²) in [4.78, 5) is 4.03. The van der Waals surface area contributed by atoms with Gasteiger partial charge in [0, 0.05) is 13.2 Å². The van der Waals surface area contributed by atoms with Crippen molar-refractivity contribution in [3.8, 4) is 0 Å². The summed E-state index contributed by atoms with van der Waals surface area (Å²) in [5.41, 5.74) is 0. The Morgan fingerprint density at radius 2 is 1.92 bits per heavy atom. The second-order valence-electron chi connectivity index (χ2n) is 2.64. The Bertz CT molecular complexity index is 196. The number of rotatable bonds is 0. The number of ether oxygens (including phenoxy) is 1. The molecule has 1 fully saturated rings. The molecule has 0 spiro atoms. The molecular weight excluding hydrogens is 283 g/mol. The third kappa shape index (κ3) is 7.30. The number of nitrogens with zero attached hydrogens (tertiary/aromatic N) is 1. The Morgan fingerprint density at radius 1 is 1.23 bits per heavy atom. The minimum absolute atomic E-state index is 0. The summed E-state index contributed by atoms with van der Waals surface area (Å²) in [5.74, 6) is 0. The van der Waals surface area contributed by atoms with Gasteiger partial charge in [-0.3, -0.25) is 0 Å². The Balaban J connectivity index is 0.000000215. The summed E-state index contributed by atoms with van der Waals surface area (Å²) in [6, 6.07) is 5.96. The van der Waals surface area contributed by atoms with Gasteiger partial charge in [0.1, 0.15) is 0 Å². The van der Waals surface area contributed by atoms with E-state index >= 15 is 0 Å². The third-order valence-electron chi connectivity index (χ3n) is 1.55. The third-order valence-corrected chi connectivity index (χ3v) is 2.43. The van der Waals surface area contributed by atoms with E-state index in [1.807, 2.05) is 24.4 Å². The molecule has 2 nitrogen and oxygen atoms in total. The van der Waals surface area contributed by atoms with Crippen molar-refractivity contribution in [2.45, 2.75) is 12.8 Å². The van der Waals surface area contributed by atoms with Crippen LogP contribution in [0.5, 0.6) is 0 Å². The van der Waals surface area contributed by atoms with E-state index in [4.69, 9.17) is 4.74 Å². The molecule has 1 aliphatic heterocycles. The predicted molar refractivity (Wildman–Crippen MR) is 43.9 cm³/mol. The number of halogens is 1. The number of pyridine rings is 1. The van der Waals surface area contributed by atoms with Gasteiger partial charge < -0.3 is 21.7 Å². The van der Waals surface area contributed by atoms with E-state index in [0.29, 0.717) is 0 Å². The van der Waals surface area contributed by atoms with Crippen LogP contribution in [0.15, 0.2) is 24.4 Å². The Kier molecular flexibility index (Phi) is 8.94. The van der Waals surface area contributed by atoms with Crippen molar-refractivity contribution < 1.29 is 40.0 Å². The zero-order valence-electron chi connectivity index (χ0n) is 7.58. The van der Waals surface area contributed by atoms with E-state index in [9.17, 15) is 0 Å². The molecule has 0 aliphatic carbocycles. The molecule has 13 heavy (non-hydrogen) atoms. The van der Waals surface area contributed by atoms with Crippen molar-refractivity contribution in [1.29, 1.82) is 0 Å². The fourth-order valence-corrected chi connectivity index (χ4v) is 1.42. The fourth-order valence-electron chi connectivity index (χ4n) is 0.908. The van der Waals surface area contributed by atoms with Gasteiger partial charge >= 0.3 is 52.0 Å². The zero-order chi connectivity index (χ0) is 8.65. The maximum atomic E-state index is 4.94. The van der Waals surface area contributed by atoms with Crippen LogP contribution in [0.4, 0.5) is 0 Å².